The average Bonchev–Trinajstić information content (AvgIpc) is 2.47. The van der Waals surface area contributed by atoms with Crippen molar-refractivity contribution in [1.29, 1.82) is 0 Å². The maximum absolute atomic E-state index is 12.7. The Bertz CT molecular complexity index is 638. The van der Waals surface area contributed by atoms with Crippen LogP contribution in [-0.4, -0.2) is 6.54 Å². The highest BCUT2D eigenvalue weighted by Gasteiger charge is 2.33. The summed E-state index contributed by atoms with van der Waals surface area (Å²) in [6, 6.07) is 13.2. The fourth-order valence-corrected chi connectivity index (χ4v) is 2.61. The van der Waals surface area contributed by atoms with Gasteiger partial charge >= 0.3 is 6.18 Å². The first-order valence-corrected chi connectivity index (χ1v) is 6.97. The van der Waals surface area contributed by atoms with Crippen molar-refractivity contribution in [3.63, 3.8) is 0 Å². The second-order valence-electron chi connectivity index (χ2n) is 5.73. The van der Waals surface area contributed by atoms with E-state index in [9.17, 15) is 13.2 Å². The molecule has 0 fully saturated rings. The molecular formula is C17H19F3N2. The first kappa shape index (κ1) is 16.4. The molecule has 0 aromatic heterocycles. The second kappa shape index (κ2) is 6.01. The van der Waals surface area contributed by atoms with E-state index in [1.54, 1.807) is 0 Å². The van der Waals surface area contributed by atoms with Gasteiger partial charge in [-0.2, -0.15) is 13.2 Å². The number of hydrogen-bond acceptors (Lipinski definition) is 2. The van der Waals surface area contributed by atoms with Gasteiger partial charge in [-0.1, -0.05) is 43.3 Å². The van der Waals surface area contributed by atoms with E-state index in [4.69, 9.17) is 11.5 Å². The monoisotopic (exact) mass is 308 g/mol. The molecule has 2 rings (SSSR count). The topological polar surface area (TPSA) is 52.0 Å². The number of halogens is 3. The molecule has 0 saturated carbocycles. The van der Waals surface area contributed by atoms with Crippen molar-refractivity contribution < 1.29 is 13.2 Å². The molecule has 5 heteroatoms. The van der Waals surface area contributed by atoms with Crippen LogP contribution in [0.2, 0.25) is 0 Å². The van der Waals surface area contributed by atoms with Crippen LogP contribution in [0, 0.1) is 0 Å². The number of nitrogens with two attached hydrogens (primary N) is 2. The maximum atomic E-state index is 12.7. The summed E-state index contributed by atoms with van der Waals surface area (Å²) in [5.74, 6) is 0. The minimum Gasteiger partial charge on any atom is -0.398 e. The molecule has 0 amide bonds. The Morgan fingerprint density at radius 2 is 1.64 bits per heavy atom. The Morgan fingerprint density at radius 3 is 2.14 bits per heavy atom. The summed E-state index contributed by atoms with van der Waals surface area (Å²) in [6.45, 7) is 2.20. The molecule has 1 unspecified atom stereocenters. The molecule has 0 aliphatic carbocycles. The van der Waals surface area contributed by atoms with Crippen molar-refractivity contribution in [3.05, 3.63) is 65.2 Å². The molecule has 4 N–H and O–H groups in total. The quantitative estimate of drug-likeness (QED) is 0.845. The zero-order chi connectivity index (χ0) is 16.4. The van der Waals surface area contributed by atoms with Gasteiger partial charge in [-0.05, 0) is 29.7 Å². The van der Waals surface area contributed by atoms with E-state index < -0.39 is 17.2 Å². The maximum Gasteiger partial charge on any atom is 0.416 e. The molecule has 1 atom stereocenters. The lowest BCUT2D eigenvalue weighted by atomic mass is 9.76. The Morgan fingerprint density at radius 1 is 1.00 bits per heavy atom. The molecule has 0 aliphatic heterocycles. The molecule has 22 heavy (non-hydrogen) atoms. The van der Waals surface area contributed by atoms with Crippen LogP contribution in [0.1, 0.15) is 23.6 Å². The lowest BCUT2D eigenvalue weighted by Gasteiger charge is -2.30. The minimum atomic E-state index is -4.40. The van der Waals surface area contributed by atoms with Gasteiger partial charge in [0.2, 0.25) is 0 Å². The van der Waals surface area contributed by atoms with Crippen molar-refractivity contribution >= 4 is 5.69 Å². The van der Waals surface area contributed by atoms with Crippen molar-refractivity contribution in [2.24, 2.45) is 5.73 Å². The molecular weight excluding hydrogens is 289 g/mol. The Hall–Kier alpha value is -2.01. The van der Waals surface area contributed by atoms with E-state index in [1.165, 1.54) is 6.07 Å². The van der Waals surface area contributed by atoms with Crippen LogP contribution in [0.4, 0.5) is 18.9 Å². The highest BCUT2D eigenvalue weighted by Crippen LogP contribution is 2.36. The van der Waals surface area contributed by atoms with Crippen LogP contribution >= 0.6 is 0 Å². The number of alkyl halides is 3. The van der Waals surface area contributed by atoms with Gasteiger partial charge in [0.15, 0.2) is 0 Å². The van der Waals surface area contributed by atoms with Crippen molar-refractivity contribution in [1.82, 2.24) is 0 Å². The third kappa shape index (κ3) is 3.42. The molecule has 2 aromatic carbocycles. The number of hydrogen-bond donors (Lipinski definition) is 2. The van der Waals surface area contributed by atoms with Gasteiger partial charge in [0.25, 0.3) is 0 Å². The number of rotatable bonds is 4. The van der Waals surface area contributed by atoms with Crippen LogP contribution in [0.3, 0.4) is 0 Å². The minimum absolute atomic E-state index is 0.124. The van der Waals surface area contributed by atoms with Gasteiger partial charge in [0.05, 0.1) is 5.56 Å². The van der Waals surface area contributed by atoms with Crippen LogP contribution in [-0.2, 0) is 18.0 Å². The van der Waals surface area contributed by atoms with E-state index in [1.807, 2.05) is 37.3 Å². The number of nitrogen functional groups attached to an aromatic ring is 1. The van der Waals surface area contributed by atoms with Gasteiger partial charge in [-0.3, -0.25) is 0 Å². The summed E-state index contributed by atoms with van der Waals surface area (Å²) < 4.78 is 38.2. The highest BCUT2D eigenvalue weighted by atomic mass is 19.4. The summed E-state index contributed by atoms with van der Waals surface area (Å²) in [4.78, 5) is 0. The van der Waals surface area contributed by atoms with Gasteiger partial charge in [-0.25, -0.2) is 0 Å². The van der Waals surface area contributed by atoms with Crippen LogP contribution < -0.4 is 11.5 Å². The fraction of sp³-hybridized carbons (Fsp3) is 0.294. The lowest BCUT2D eigenvalue weighted by molar-refractivity contribution is -0.137. The summed E-state index contributed by atoms with van der Waals surface area (Å²) in [5.41, 5.74) is 12.4. The molecule has 0 heterocycles. The lowest BCUT2D eigenvalue weighted by Crippen LogP contribution is -2.35. The van der Waals surface area contributed by atoms with Gasteiger partial charge in [0.1, 0.15) is 0 Å². The molecule has 2 aromatic rings. The summed E-state index contributed by atoms with van der Waals surface area (Å²) in [5, 5.41) is 0. The molecule has 0 saturated heterocycles. The van der Waals surface area contributed by atoms with E-state index in [2.05, 4.69) is 0 Å². The standard InChI is InChI=1S/C17H19F3N2/c1-16(11-21,10-12-5-3-2-4-6-12)14-8-7-13(9-15(14)22)17(18,19)20/h2-9H,10-11,21-22H2,1H3. The van der Waals surface area contributed by atoms with Gasteiger partial charge < -0.3 is 11.5 Å². The first-order valence-electron chi connectivity index (χ1n) is 6.97. The van der Waals surface area contributed by atoms with Crippen LogP contribution in [0.25, 0.3) is 0 Å². The molecule has 0 bridgehead atoms. The number of benzene rings is 2. The van der Waals surface area contributed by atoms with Crippen LogP contribution in [0.5, 0.6) is 0 Å². The van der Waals surface area contributed by atoms with Crippen molar-refractivity contribution in [3.8, 4) is 0 Å². The molecule has 118 valence electrons. The molecule has 0 radical (unpaired) electrons. The third-order valence-corrected chi connectivity index (χ3v) is 3.92. The average molecular weight is 308 g/mol. The second-order valence-corrected chi connectivity index (χ2v) is 5.73. The predicted octanol–water partition coefficient (Wildman–Crippen LogP) is 3.75. The normalized spacial score (nSPS) is 14.6. The molecule has 0 aliphatic rings. The SMILES string of the molecule is CC(CN)(Cc1ccccc1)c1ccc(C(F)(F)F)cc1N. The molecule has 0 spiro atoms. The Labute approximate surface area is 127 Å². The van der Waals surface area contributed by atoms with E-state index in [0.29, 0.717) is 12.0 Å². The van der Waals surface area contributed by atoms with Gasteiger partial charge in [0, 0.05) is 17.6 Å². The van der Waals surface area contributed by atoms with Gasteiger partial charge in [-0.15, -0.1) is 0 Å². The highest BCUT2D eigenvalue weighted by molar-refractivity contribution is 5.54. The predicted molar refractivity (Wildman–Crippen MR) is 82.4 cm³/mol. The fourth-order valence-electron chi connectivity index (χ4n) is 2.61. The first-order chi connectivity index (χ1) is 10.3. The Kier molecular flexibility index (Phi) is 4.47. The smallest absolute Gasteiger partial charge is 0.398 e. The summed E-state index contributed by atoms with van der Waals surface area (Å²) in [6.07, 6.45) is -3.79. The third-order valence-electron chi connectivity index (χ3n) is 3.92. The number of anilines is 1. The molecule has 2 nitrogen and oxygen atoms in total. The van der Waals surface area contributed by atoms with E-state index in [-0.39, 0.29) is 12.2 Å². The summed E-state index contributed by atoms with van der Waals surface area (Å²) in [7, 11) is 0. The van der Waals surface area contributed by atoms with E-state index in [0.717, 1.165) is 17.7 Å². The summed E-state index contributed by atoms with van der Waals surface area (Å²) >= 11 is 0. The zero-order valence-corrected chi connectivity index (χ0v) is 12.3. The Balaban J connectivity index is 2.38. The van der Waals surface area contributed by atoms with Crippen LogP contribution in [0.15, 0.2) is 48.5 Å². The van der Waals surface area contributed by atoms with Crippen molar-refractivity contribution in [2.45, 2.75) is 24.9 Å². The van der Waals surface area contributed by atoms with Crippen molar-refractivity contribution in [2.75, 3.05) is 12.3 Å². The zero-order valence-electron chi connectivity index (χ0n) is 12.3. The largest absolute Gasteiger partial charge is 0.416 e. The van der Waals surface area contributed by atoms with E-state index >= 15 is 0 Å².